The van der Waals surface area contributed by atoms with Crippen LogP contribution in [-0.2, 0) is 30.3 Å². The summed E-state index contributed by atoms with van der Waals surface area (Å²) in [5.74, 6) is -0.350. The van der Waals surface area contributed by atoms with E-state index in [0.29, 0.717) is 13.2 Å². The molecule has 0 spiro atoms. The molecule has 0 radical (unpaired) electrons. The summed E-state index contributed by atoms with van der Waals surface area (Å²) in [4.78, 5) is 11.2. The second kappa shape index (κ2) is 7.54. The van der Waals surface area contributed by atoms with Crippen molar-refractivity contribution in [1.82, 2.24) is 0 Å². The highest BCUT2D eigenvalue weighted by molar-refractivity contribution is 5.66. The summed E-state index contributed by atoms with van der Waals surface area (Å²) in [6.45, 7) is 4.29. The minimum Gasteiger partial charge on any atom is -0.457 e. The molecule has 1 heterocycles. The van der Waals surface area contributed by atoms with Gasteiger partial charge in [-0.15, -0.1) is 0 Å². The maximum atomic E-state index is 11.2. The van der Waals surface area contributed by atoms with Crippen molar-refractivity contribution in [1.29, 1.82) is 0 Å². The molecule has 1 fully saturated rings. The number of hydrogen-bond acceptors (Lipinski definition) is 5. The fourth-order valence-electron chi connectivity index (χ4n) is 2.43. The van der Waals surface area contributed by atoms with Gasteiger partial charge in [-0.3, -0.25) is 4.79 Å². The first-order valence-electron chi connectivity index (χ1n) is 7.09. The predicted octanol–water partition coefficient (Wildman–Crippen LogP) is 2.14. The van der Waals surface area contributed by atoms with Gasteiger partial charge in [0.1, 0.15) is 0 Å². The second-order valence-corrected chi connectivity index (χ2v) is 5.21. The average molecular weight is 294 g/mol. The summed E-state index contributed by atoms with van der Waals surface area (Å²) in [6, 6.07) is 9.94. The fourth-order valence-corrected chi connectivity index (χ4v) is 2.43. The Kier molecular flexibility index (Phi) is 5.73. The van der Waals surface area contributed by atoms with Gasteiger partial charge >= 0.3 is 5.97 Å². The van der Waals surface area contributed by atoms with E-state index >= 15 is 0 Å². The number of benzene rings is 1. The number of methoxy groups -OCH3 is 1. The van der Waals surface area contributed by atoms with Gasteiger partial charge in [-0.25, -0.2) is 0 Å². The van der Waals surface area contributed by atoms with Crippen LogP contribution in [0.1, 0.15) is 19.4 Å². The van der Waals surface area contributed by atoms with Gasteiger partial charge in [0.05, 0.1) is 19.3 Å². The molecule has 2 rings (SSSR count). The lowest BCUT2D eigenvalue weighted by atomic mass is 9.95. The Morgan fingerprint density at radius 1 is 1.33 bits per heavy atom. The molecule has 0 N–H and O–H groups in total. The first-order chi connectivity index (χ1) is 10.1. The van der Waals surface area contributed by atoms with Gasteiger partial charge in [-0.2, -0.15) is 0 Å². The third kappa shape index (κ3) is 4.27. The van der Waals surface area contributed by atoms with Crippen molar-refractivity contribution in [2.24, 2.45) is 5.92 Å². The summed E-state index contributed by atoms with van der Waals surface area (Å²) in [5.41, 5.74) is 1.10. The Morgan fingerprint density at radius 2 is 2.05 bits per heavy atom. The van der Waals surface area contributed by atoms with E-state index < -0.39 is 12.4 Å². The van der Waals surface area contributed by atoms with E-state index in [0.717, 1.165) is 5.56 Å². The number of ether oxygens (including phenoxy) is 4. The average Bonchev–Trinajstić information content (AvgIpc) is 2.49. The van der Waals surface area contributed by atoms with Crippen molar-refractivity contribution in [3.8, 4) is 0 Å². The molecule has 1 aliphatic rings. The molecule has 21 heavy (non-hydrogen) atoms. The van der Waals surface area contributed by atoms with Crippen molar-refractivity contribution < 1.29 is 23.7 Å². The van der Waals surface area contributed by atoms with E-state index in [1.165, 1.54) is 6.92 Å². The Morgan fingerprint density at radius 3 is 2.67 bits per heavy atom. The molecule has 116 valence electrons. The standard InChI is InChI=1S/C16H22O5/c1-11-14(19-9-13-7-5-4-6-8-13)10-20-16(18-3)15(11)21-12(2)17/h4-8,11,14-16H,9-10H2,1-3H3/t11-,14+,15+,16+/m1/s1. The highest BCUT2D eigenvalue weighted by Gasteiger charge is 2.40. The van der Waals surface area contributed by atoms with Gasteiger partial charge in [0, 0.05) is 20.0 Å². The van der Waals surface area contributed by atoms with Gasteiger partial charge in [0.15, 0.2) is 12.4 Å². The van der Waals surface area contributed by atoms with Crippen LogP contribution in [0.2, 0.25) is 0 Å². The summed E-state index contributed by atoms with van der Waals surface area (Å²) in [6.07, 6.45) is -1.14. The molecule has 0 aromatic heterocycles. The minimum absolute atomic E-state index is 0.00341. The molecule has 1 aromatic carbocycles. The SMILES string of the molecule is CO[C@H]1OC[C@H](OCc2ccccc2)[C@@H](C)[C@@H]1OC(C)=O. The Labute approximate surface area is 125 Å². The highest BCUT2D eigenvalue weighted by Crippen LogP contribution is 2.27. The molecule has 0 bridgehead atoms. The van der Waals surface area contributed by atoms with E-state index in [-0.39, 0.29) is 18.0 Å². The molecule has 1 aromatic rings. The Balaban J connectivity index is 1.96. The van der Waals surface area contributed by atoms with E-state index in [2.05, 4.69) is 0 Å². The zero-order valence-corrected chi connectivity index (χ0v) is 12.7. The van der Waals surface area contributed by atoms with Crippen LogP contribution in [0.25, 0.3) is 0 Å². The molecule has 1 aliphatic heterocycles. The van der Waals surface area contributed by atoms with Crippen LogP contribution in [-0.4, -0.2) is 38.2 Å². The van der Waals surface area contributed by atoms with Crippen LogP contribution >= 0.6 is 0 Å². The third-order valence-corrected chi connectivity index (χ3v) is 3.64. The van der Waals surface area contributed by atoms with Gasteiger partial charge in [-0.05, 0) is 5.56 Å². The van der Waals surface area contributed by atoms with Gasteiger partial charge in [0.2, 0.25) is 0 Å². The van der Waals surface area contributed by atoms with Crippen LogP contribution in [0.15, 0.2) is 30.3 Å². The number of hydrogen-bond donors (Lipinski definition) is 0. The lowest BCUT2D eigenvalue weighted by Crippen LogP contribution is -2.51. The van der Waals surface area contributed by atoms with Gasteiger partial charge in [0.25, 0.3) is 0 Å². The number of carbonyl (C=O) groups excluding carboxylic acids is 1. The largest absolute Gasteiger partial charge is 0.457 e. The van der Waals surface area contributed by atoms with Gasteiger partial charge < -0.3 is 18.9 Å². The van der Waals surface area contributed by atoms with Crippen LogP contribution in [0.5, 0.6) is 0 Å². The van der Waals surface area contributed by atoms with E-state index in [4.69, 9.17) is 18.9 Å². The smallest absolute Gasteiger partial charge is 0.303 e. The van der Waals surface area contributed by atoms with Crippen molar-refractivity contribution in [3.63, 3.8) is 0 Å². The Bertz CT molecular complexity index is 447. The number of carbonyl (C=O) groups is 1. The Hall–Kier alpha value is -1.43. The first kappa shape index (κ1) is 15.9. The first-order valence-corrected chi connectivity index (χ1v) is 7.09. The maximum absolute atomic E-state index is 11.2. The quantitative estimate of drug-likeness (QED) is 0.779. The van der Waals surface area contributed by atoms with E-state index in [1.54, 1.807) is 7.11 Å². The van der Waals surface area contributed by atoms with E-state index in [1.807, 2.05) is 37.3 Å². The molecule has 1 saturated heterocycles. The van der Waals surface area contributed by atoms with E-state index in [9.17, 15) is 4.79 Å². The van der Waals surface area contributed by atoms with Crippen LogP contribution in [0, 0.1) is 5.92 Å². The number of esters is 1. The molecule has 0 saturated carbocycles. The second-order valence-electron chi connectivity index (χ2n) is 5.21. The number of rotatable bonds is 5. The zero-order valence-electron chi connectivity index (χ0n) is 12.7. The van der Waals surface area contributed by atoms with Crippen molar-refractivity contribution in [2.75, 3.05) is 13.7 Å². The molecule has 5 nitrogen and oxygen atoms in total. The topological polar surface area (TPSA) is 54.0 Å². The lowest BCUT2D eigenvalue weighted by Gasteiger charge is -2.39. The summed E-state index contributed by atoms with van der Waals surface area (Å²) in [7, 11) is 1.54. The molecule has 4 atom stereocenters. The van der Waals surface area contributed by atoms with Crippen LogP contribution < -0.4 is 0 Å². The van der Waals surface area contributed by atoms with Crippen LogP contribution in [0.3, 0.4) is 0 Å². The predicted molar refractivity (Wildman–Crippen MR) is 76.5 cm³/mol. The normalized spacial score (nSPS) is 29.1. The zero-order chi connectivity index (χ0) is 15.2. The third-order valence-electron chi connectivity index (χ3n) is 3.64. The monoisotopic (exact) mass is 294 g/mol. The summed E-state index contributed by atoms with van der Waals surface area (Å²) in [5, 5.41) is 0. The highest BCUT2D eigenvalue weighted by atomic mass is 16.7. The van der Waals surface area contributed by atoms with Crippen molar-refractivity contribution >= 4 is 5.97 Å². The summed E-state index contributed by atoms with van der Waals surface area (Å²) < 4.78 is 22.1. The maximum Gasteiger partial charge on any atom is 0.303 e. The van der Waals surface area contributed by atoms with Crippen molar-refractivity contribution in [2.45, 2.75) is 39.0 Å². The molecule has 0 aliphatic carbocycles. The molecular weight excluding hydrogens is 272 g/mol. The molecule has 0 unspecified atom stereocenters. The summed E-state index contributed by atoms with van der Waals surface area (Å²) >= 11 is 0. The minimum atomic E-state index is -0.541. The molecular formula is C16H22O5. The fraction of sp³-hybridized carbons (Fsp3) is 0.562. The van der Waals surface area contributed by atoms with Gasteiger partial charge in [-0.1, -0.05) is 37.3 Å². The van der Waals surface area contributed by atoms with Crippen molar-refractivity contribution in [3.05, 3.63) is 35.9 Å². The molecule has 5 heteroatoms. The van der Waals surface area contributed by atoms with Crippen LogP contribution in [0.4, 0.5) is 0 Å². The molecule has 0 amide bonds. The lowest BCUT2D eigenvalue weighted by molar-refractivity contribution is -0.260.